The second-order valence-electron chi connectivity index (χ2n) is 6.68. The van der Waals surface area contributed by atoms with E-state index in [1.165, 1.54) is 36.1 Å². The highest BCUT2D eigenvalue weighted by atomic mass is 16.5. The van der Waals surface area contributed by atoms with Crippen LogP contribution >= 0.6 is 0 Å². The van der Waals surface area contributed by atoms with Crippen LogP contribution in [0, 0.1) is 5.92 Å². The fraction of sp³-hybridized carbons (Fsp3) is 0.238. The minimum Gasteiger partial charge on any atom is -0.465 e. The van der Waals surface area contributed by atoms with Gasteiger partial charge in [0.2, 0.25) is 0 Å². The number of aromatic nitrogens is 2. The smallest absolute Gasteiger partial charge is 0.364 e. The average molecular weight is 380 g/mol. The number of ether oxygens (including phenoxy) is 2. The largest absolute Gasteiger partial charge is 0.465 e. The summed E-state index contributed by atoms with van der Waals surface area (Å²) in [4.78, 5) is 36.9. The maximum atomic E-state index is 12.8. The van der Waals surface area contributed by atoms with E-state index in [4.69, 9.17) is 4.74 Å². The maximum absolute atomic E-state index is 12.8. The van der Waals surface area contributed by atoms with Crippen LogP contribution in [-0.2, 0) is 11.3 Å². The van der Waals surface area contributed by atoms with Gasteiger partial charge < -0.3 is 9.47 Å². The van der Waals surface area contributed by atoms with E-state index in [9.17, 15) is 14.4 Å². The maximum Gasteiger partial charge on any atom is 0.364 e. The molecule has 3 aromatic rings. The molecule has 28 heavy (non-hydrogen) atoms. The number of rotatable bonds is 5. The van der Waals surface area contributed by atoms with Crippen molar-refractivity contribution in [2.24, 2.45) is 5.92 Å². The third-order valence-corrected chi connectivity index (χ3v) is 4.09. The molecule has 0 saturated heterocycles. The lowest BCUT2D eigenvalue weighted by atomic mass is 10.1. The molecule has 1 aromatic heterocycles. The Bertz CT molecular complexity index is 1080. The minimum absolute atomic E-state index is 0.0629. The van der Waals surface area contributed by atoms with E-state index < -0.39 is 11.9 Å². The van der Waals surface area contributed by atoms with Crippen LogP contribution in [0.3, 0.4) is 0 Å². The number of benzene rings is 2. The Morgan fingerprint density at radius 2 is 1.64 bits per heavy atom. The van der Waals surface area contributed by atoms with Gasteiger partial charge in [0.05, 0.1) is 18.1 Å². The quantitative estimate of drug-likeness (QED) is 0.499. The van der Waals surface area contributed by atoms with Gasteiger partial charge in [0.25, 0.3) is 5.56 Å². The van der Waals surface area contributed by atoms with Crippen LogP contribution in [0.15, 0.2) is 53.3 Å². The molecule has 0 radical (unpaired) electrons. The molecule has 3 rings (SSSR count). The third-order valence-electron chi connectivity index (χ3n) is 4.09. The Balaban J connectivity index is 1.98. The van der Waals surface area contributed by atoms with Crippen molar-refractivity contribution in [3.8, 4) is 5.75 Å². The van der Waals surface area contributed by atoms with E-state index in [0.717, 1.165) is 0 Å². The van der Waals surface area contributed by atoms with Gasteiger partial charge in [-0.05, 0) is 36.2 Å². The van der Waals surface area contributed by atoms with Crippen molar-refractivity contribution in [2.75, 3.05) is 7.11 Å². The van der Waals surface area contributed by atoms with Crippen LogP contribution in [0.5, 0.6) is 5.75 Å². The SMILES string of the molecule is COC(=O)c1ccc(OC(=O)c2nn(CC(C)C)c(=O)c3ccccc23)cc1. The van der Waals surface area contributed by atoms with Crippen molar-refractivity contribution in [3.63, 3.8) is 0 Å². The predicted molar refractivity (Wildman–Crippen MR) is 104 cm³/mol. The Hall–Kier alpha value is -3.48. The number of nitrogens with zero attached hydrogens (tertiary/aromatic N) is 2. The molecule has 0 bridgehead atoms. The zero-order valence-corrected chi connectivity index (χ0v) is 15.8. The van der Waals surface area contributed by atoms with Crippen molar-refractivity contribution in [3.05, 3.63) is 70.1 Å². The average Bonchev–Trinajstić information content (AvgIpc) is 2.69. The van der Waals surface area contributed by atoms with E-state index in [2.05, 4.69) is 9.84 Å². The molecule has 0 aliphatic rings. The minimum atomic E-state index is -0.681. The van der Waals surface area contributed by atoms with Crippen LogP contribution in [0.25, 0.3) is 10.8 Å². The lowest BCUT2D eigenvalue weighted by Gasteiger charge is -2.12. The zero-order valence-electron chi connectivity index (χ0n) is 15.8. The second-order valence-corrected chi connectivity index (χ2v) is 6.68. The Labute approximate surface area is 161 Å². The lowest BCUT2D eigenvalue weighted by Crippen LogP contribution is -2.28. The molecule has 0 saturated carbocycles. The van der Waals surface area contributed by atoms with Gasteiger partial charge in [-0.2, -0.15) is 5.10 Å². The Morgan fingerprint density at radius 3 is 2.25 bits per heavy atom. The van der Waals surface area contributed by atoms with E-state index >= 15 is 0 Å². The van der Waals surface area contributed by atoms with Gasteiger partial charge in [-0.3, -0.25) is 4.79 Å². The summed E-state index contributed by atoms with van der Waals surface area (Å²) in [7, 11) is 1.29. The van der Waals surface area contributed by atoms with Crippen LogP contribution in [0.4, 0.5) is 0 Å². The molecule has 2 aromatic carbocycles. The second kappa shape index (κ2) is 8.04. The van der Waals surface area contributed by atoms with Crippen molar-refractivity contribution >= 4 is 22.7 Å². The molecular weight excluding hydrogens is 360 g/mol. The van der Waals surface area contributed by atoms with Crippen molar-refractivity contribution < 1.29 is 19.1 Å². The van der Waals surface area contributed by atoms with Crippen molar-refractivity contribution in [1.29, 1.82) is 0 Å². The van der Waals surface area contributed by atoms with Crippen molar-refractivity contribution in [1.82, 2.24) is 9.78 Å². The number of hydrogen-bond acceptors (Lipinski definition) is 6. The van der Waals surface area contributed by atoms with Gasteiger partial charge in [-0.15, -0.1) is 0 Å². The first-order valence-corrected chi connectivity index (χ1v) is 8.81. The lowest BCUT2D eigenvalue weighted by molar-refractivity contribution is 0.0600. The monoisotopic (exact) mass is 380 g/mol. The zero-order chi connectivity index (χ0) is 20.3. The topological polar surface area (TPSA) is 87.5 Å². The highest BCUT2D eigenvalue weighted by Crippen LogP contribution is 2.18. The number of esters is 2. The summed E-state index contributed by atoms with van der Waals surface area (Å²) in [6.07, 6.45) is 0. The van der Waals surface area contributed by atoms with Gasteiger partial charge in [0.15, 0.2) is 5.69 Å². The Kier molecular flexibility index (Phi) is 5.54. The van der Waals surface area contributed by atoms with Crippen LogP contribution in [0.1, 0.15) is 34.7 Å². The number of methoxy groups -OCH3 is 1. The molecule has 0 fully saturated rings. The molecule has 0 aliphatic heterocycles. The van der Waals surface area contributed by atoms with Gasteiger partial charge in [-0.1, -0.05) is 32.0 Å². The molecule has 0 spiro atoms. The number of carbonyl (C=O) groups excluding carboxylic acids is 2. The molecule has 0 atom stereocenters. The van der Waals surface area contributed by atoms with Gasteiger partial charge in [0.1, 0.15) is 5.75 Å². The standard InChI is InChI=1S/C21H20N2O5/c1-13(2)12-23-19(24)17-7-5-4-6-16(17)18(22-23)21(26)28-15-10-8-14(9-11-15)20(25)27-3/h4-11,13H,12H2,1-3H3. The van der Waals surface area contributed by atoms with Crippen molar-refractivity contribution in [2.45, 2.75) is 20.4 Å². The molecule has 144 valence electrons. The van der Waals surface area contributed by atoms with Crippen LogP contribution in [0.2, 0.25) is 0 Å². The summed E-state index contributed by atoms with van der Waals surface area (Å²) in [5.74, 6) is -0.725. The van der Waals surface area contributed by atoms with Crippen LogP contribution in [-0.4, -0.2) is 28.8 Å². The molecule has 1 heterocycles. The predicted octanol–water partition coefficient (Wildman–Crippen LogP) is 3.06. The molecule has 0 N–H and O–H groups in total. The van der Waals surface area contributed by atoms with Gasteiger partial charge in [-0.25, -0.2) is 14.3 Å². The molecule has 7 heteroatoms. The fourth-order valence-corrected chi connectivity index (χ4v) is 2.79. The molecule has 0 aliphatic carbocycles. The van der Waals surface area contributed by atoms with E-state index in [1.807, 2.05) is 13.8 Å². The van der Waals surface area contributed by atoms with Crippen LogP contribution < -0.4 is 10.3 Å². The van der Waals surface area contributed by atoms with E-state index in [1.54, 1.807) is 24.3 Å². The first-order valence-electron chi connectivity index (χ1n) is 8.81. The molecule has 0 amide bonds. The summed E-state index contributed by atoms with van der Waals surface area (Å²) < 4.78 is 11.3. The summed E-state index contributed by atoms with van der Waals surface area (Å²) in [5, 5.41) is 5.09. The summed E-state index contributed by atoms with van der Waals surface area (Å²) in [6.45, 7) is 4.31. The Morgan fingerprint density at radius 1 is 1.00 bits per heavy atom. The highest BCUT2D eigenvalue weighted by Gasteiger charge is 2.19. The van der Waals surface area contributed by atoms with E-state index in [-0.39, 0.29) is 22.9 Å². The normalized spacial score (nSPS) is 10.9. The molecule has 0 unspecified atom stereocenters. The van der Waals surface area contributed by atoms with Gasteiger partial charge >= 0.3 is 11.9 Å². The number of fused-ring (bicyclic) bond motifs is 1. The summed E-state index contributed by atoms with van der Waals surface area (Å²) in [5.41, 5.74) is 0.160. The fourth-order valence-electron chi connectivity index (χ4n) is 2.79. The third kappa shape index (κ3) is 3.93. The molecular formula is C21H20N2O5. The van der Waals surface area contributed by atoms with Gasteiger partial charge in [0, 0.05) is 11.9 Å². The number of hydrogen-bond donors (Lipinski definition) is 0. The van der Waals surface area contributed by atoms with E-state index in [0.29, 0.717) is 22.9 Å². The summed E-state index contributed by atoms with van der Waals surface area (Å²) in [6, 6.07) is 12.8. The first kappa shape index (κ1) is 19.3. The first-order chi connectivity index (χ1) is 13.4. The molecule has 7 nitrogen and oxygen atoms in total. The number of carbonyl (C=O) groups is 2. The summed E-state index contributed by atoms with van der Waals surface area (Å²) >= 11 is 0. The highest BCUT2D eigenvalue weighted by molar-refractivity contribution is 6.02.